The summed E-state index contributed by atoms with van der Waals surface area (Å²) < 4.78 is 10.3. The number of rotatable bonds is 4. The van der Waals surface area contributed by atoms with Gasteiger partial charge in [0.2, 0.25) is 0 Å². The molecule has 1 heterocycles. The molecule has 6 nitrogen and oxygen atoms in total. The van der Waals surface area contributed by atoms with Crippen LogP contribution in [-0.2, 0) is 6.61 Å². The third-order valence-corrected chi connectivity index (χ3v) is 2.49. The van der Waals surface area contributed by atoms with Crippen LogP contribution in [0.25, 0.3) is 0 Å². The largest absolute Gasteiger partial charge is 0.484 e. The zero-order chi connectivity index (χ0) is 13.1. The molecule has 0 spiro atoms. The van der Waals surface area contributed by atoms with Crippen LogP contribution in [0.15, 0.2) is 22.6 Å². The Balaban J connectivity index is 2.02. The monoisotopic (exact) mass is 248 g/mol. The average Bonchev–Trinajstić information content (AvgIpc) is 2.79. The fraction of sp³-hybridized carbons (Fsp3) is 0.250. The Bertz CT molecular complexity index is 577. The molecule has 0 saturated carbocycles. The summed E-state index contributed by atoms with van der Waals surface area (Å²) in [6, 6.07) is 5.67. The Morgan fingerprint density at radius 3 is 2.72 bits per heavy atom. The third-order valence-electron chi connectivity index (χ3n) is 2.49. The molecule has 1 N–H and O–H groups in total. The van der Waals surface area contributed by atoms with Crippen molar-refractivity contribution in [2.75, 3.05) is 0 Å². The lowest BCUT2D eigenvalue weighted by molar-refractivity contribution is 0.0649. The molecule has 0 saturated heterocycles. The van der Waals surface area contributed by atoms with Crippen molar-refractivity contribution in [2.24, 2.45) is 0 Å². The van der Waals surface area contributed by atoms with Crippen LogP contribution in [-0.4, -0.2) is 21.3 Å². The number of hydrogen-bond donors (Lipinski definition) is 1. The van der Waals surface area contributed by atoms with Crippen molar-refractivity contribution in [1.29, 1.82) is 0 Å². The predicted octanol–water partition coefficient (Wildman–Crippen LogP) is 1.96. The second-order valence-electron chi connectivity index (χ2n) is 3.84. The number of aryl methyl sites for hydroxylation is 2. The molecule has 1 aromatic heterocycles. The zero-order valence-electron chi connectivity index (χ0n) is 10.0. The van der Waals surface area contributed by atoms with E-state index < -0.39 is 11.9 Å². The van der Waals surface area contributed by atoms with Crippen LogP contribution in [0.2, 0.25) is 0 Å². The molecule has 0 radical (unpaired) electrons. The minimum absolute atomic E-state index is 0.0444. The molecule has 2 rings (SSSR count). The predicted molar refractivity (Wildman–Crippen MR) is 61.5 cm³/mol. The summed E-state index contributed by atoms with van der Waals surface area (Å²) in [7, 11) is 0. The second kappa shape index (κ2) is 4.87. The minimum Gasteiger partial charge on any atom is -0.484 e. The smallest absolute Gasteiger partial charge is 0.393 e. The lowest BCUT2D eigenvalue weighted by Crippen LogP contribution is -1.96. The van der Waals surface area contributed by atoms with Crippen molar-refractivity contribution in [1.82, 2.24) is 10.2 Å². The highest BCUT2D eigenvalue weighted by molar-refractivity contribution is 5.81. The SMILES string of the molecule is Cc1ccc(OCc2nnc(C(=O)O)o2)cc1C. The average molecular weight is 248 g/mol. The summed E-state index contributed by atoms with van der Waals surface area (Å²) in [6.07, 6.45) is 0. The molecule has 0 amide bonds. The maximum absolute atomic E-state index is 10.5. The lowest BCUT2D eigenvalue weighted by atomic mass is 10.1. The molecule has 2 aromatic rings. The minimum atomic E-state index is -1.25. The van der Waals surface area contributed by atoms with E-state index in [1.165, 1.54) is 5.56 Å². The van der Waals surface area contributed by atoms with Crippen molar-refractivity contribution in [3.63, 3.8) is 0 Å². The molecule has 0 aliphatic heterocycles. The Labute approximate surface area is 103 Å². The van der Waals surface area contributed by atoms with Crippen LogP contribution in [0.3, 0.4) is 0 Å². The van der Waals surface area contributed by atoms with E-state index in [9.17, 15) is 4.79 Å². The summed E-state index contributed by atoms with van der Waals surface area (Å²) in [4.78, 5) is 10.5. The third kappa shape index (κ3) is 2.65. The first kappa shape index (κ1) is 12.1. The van der Waals surface area contributed by atoms with Crippen LogP contribution < -0.4 is 4.74 Å². The van der Waals surface area contributed by atoms with Gasteiger partial charge >= 0.3 is 11.9 Å². The number of ether oxygens (including phenoxy) is 1. The molecule has 94 valence electrons. The van der Waals surface area contributed by atoms with Gasteiger partial charge < -0.3 is 14.3 Å². The van der Waals surface area contributed by atoms with Crippen LogP contribution in [0, 0.1) is 13.8 Å². The Morgan fingerprint density at radius 2 is 2.11 bits per heavy atom. The normalized spacial score (nSPS) is 10.3. The fourth-order valence-electron chi connectivity index (χ4n) is 1.35. The Morgan fingerprint density at radius 1 is 1.33 bits per heavy atom. The van der Waals surface area contributed by atoms with Gasteiger partial charge in [0.15, 0.2) is 6.61 Å². The summed E-state index contributed by atoms with van der Waals surface area (Å²) in [5.41, 5.74) is 2.29. The van der Waals surface area contributed by atoms with Gasteiger partial charge in [-0.3, -0.25) is 0 Å². The van der Waals surface area contributed by atoms with Crippen molar-refractivity contribution < 1.29 is 19.1 Å². The van der Waals surface area contributed by atoms with Crippen molar-refractivity contribution in [2.45, 2.75) is 20.5 Å². The van der Waals surface area contributed by atoms with Gasteiger partial charge in [0.1, 0.15) is 5.75 Å². The van der Waals surface area contributed by atoms with Crippen LogP contribution >= 0.6 is 0 Å². The molecule has 0 atom stereocenters. The van der Waals surface area contributed by atoms with Gasteiger partial charge in [-0.05, 0) is 37.1 Å². The molecule has 0 bridgehead atoms. The number of aromatic nitrogens is 2. The molecule has 0 unspecified atom stereocenters. The quantitative estimate of drug-likeness (QED) is 0.890. The number of hydrogen-bond acceptors (Lipinski definition) is 5. The van der Waals surface area contributed by atoms with Gasteiger partial charge in [0, 0.05) is 0 Å². The van der Waals surface area contributed by atoms with E-state index in [2.05, 4.69) is 10.2 Å². The summed E-state index contributed by atoms with van der Waals surface area (Å²) in [5.74, 6) is -0.882. The number of nitrogens with zero attached hydrogens (tertiary/aromatic N) is 2. The van der Waals surface area contributed by atoms with Crippen LogP contribution in [0.5, 0.6) is 5.75 Å². The Hall–Kier alpha value is -2.37. The van der Waals surface area contributed by atoms with Gasteiger partial charge in [0.25, 0.3) is 5.89 Å². The van der Waals surface area contributed by atoms with E-state index in [4.69, 9.17) is 14.3 Å². The van der Waals surface area contributed by atoms with Crippen LogP contribution in [0.4, 0.5) is 0 Å². The van der Waals surface area contributed by atoms with Gasteiger partial charge in [-0.1, -0.05) is 6.07 Å². The molecular weight excluding hydrogens is 236 g/mol. The summed E-state index contributed by atoms with van der Waals surface area (Å²) in [6.45, 7) is 4.04. The van der Waals surface area contributed by atoms with Crippen molar-refractivity contribution in [3.8, 4) is 5.75 Å². The van der Waals surface area contributed by atoms with E-state index >= 15 is 0 Å². The fourth-order valence-corrected chi connectivity index (χ4v) is 1.35. The highest BCUT2D eigenvalue weighted by Crippen LogP contribution is 2.17. The highest BCUT2D eigenvalue weighted by Gasteiger charge is 2.13. The van der Waals surface area contributed by atoms with E-state index in [0.29, 0.717) is 5.75 Å². The van der Waals surface area contributed by atoms with E-state index in [0.717, 1.165) is 5.56 Å². The summed E-state index contributed by atoms with van der Waals surface area (Å²) in [5, 5.41) is 15.5. The molecule has 0 aliphatic carbocycles. The van der Waals surface area contributed by atoms with Gasteiger partial charge in [-0.2, -0.15) is 0 Å². The number of benzene rings is 1. The molecule has 6 heteroatoms. The Kier molecular flexibility index (Phi) is 3.27. The number of carbonyl (C=O) groups is 1. The molecule has 18 heavy (non-hydrogen) atoms. The first-order valence-electron chi connectivity index (χ1n) is 5.32. The first-order valence-corrected chi connectivity index (χ1v) is 5.32. The van der Waals surface area contributed by atoms with Crippen molar-refractivity contribution in [3.05, 3.63) is 41.1 Å². The number of carboxylic acids is 1. The molecule has 1 aromatic carbocycles. The highest BCUT2D eigenvalue weighted by atomic mass is 16.5. The maximum atomic E-state index is 10.5. The molecule has 0 aliphatic rings. The first-order chi connectivity index (χ1) is 8.56. The molecular formula is C12H12N2O4. The zero-order valence-corrected chi connectivity index (χ0v) is 10.0. The van der Waals surface area contributed by atoms with Gasteiger partial charge in [-0.25, -0.2) is 4.79 Å². The molecule has 0 fully saturated rings. The topological polar surface area (TPSA) is 85.5 Å². The van der Waals surface area contributed by atoms with Gasteiger partial charge in [0.05, 0.1) is 0 Å². The van der Waals surface area contributed by atoms with E-state index in [-0.39, 0.29) is 12.5 Å². The van der Waals surface area contributed by atoms with Crippen molar-refractivity contribution >= 4 is 5.97 Å². The standard InChI is InChI=1S/C12H12N2O4/c1-7-3-4-9(5-8(7)2)17-6-10-13-14-11(18-10)12(15)16/h3-5H,6H2,1-2H3,(H,15,16). The maximum Gasteiger partial charge on any atom is 0.393 e. The van der Waals surface area contributed by atoms with Crippen LogP contribution in [0.1, 0.15) is 27.7 Å². The van der Waals surface area contributed by atoms with E-state index in [1.807, 2.05) is 32.0 Å². The number of aromatic carboxylic acids is 1. The number of carboxylic acid groups (broad SMARTS) is 1. The summed E-state index contributed by atoms with van der Waals surface area (Å²) >= 11 is 0. The van der Waals surface area contributed by atoms with Gasteiger partial charge in [-0.15, -0.1) is 10.2 Å². The van der Waals surface area contributed by atoms with E-state index in [1.54, 1.807) is 0 Å². The second-order valence-corrected chi connectivity index (χ2v) is 3.84. The lowest BCUT2D eigenvalue weighted by Gasteiger charge is -2.05.